The van der Waals surface area contributed by atoms with Crippen molar-refractivity contribution in [2.24, 2.45) is 0 Å². The van der Waals surface area contributed by atoms with Crippen LogP contribution in [0.2, 0.25) is 0 Å². The summed E-state index contributed by atoms with van der Waals surface area (Å²) in [5.74, 6) is 2.82. The summed E-state index contributed by atoms with van der Waals surface area (Å²) in [5.41, 5.74) is 0. The smallest absolute Gasteiger partial charge is 0.134 e. The van der Waals surface area contributed by atoms with Crippen molar-refractivity contribution in [3.8, 4) is 0 Å². The van der Waals surface area contributed by atoms with Gasteiger partial charge < -0.3 is 10.2 Å². The van der Waals surface area contributed by atoms with Crippen LogP contribution in [-0.2, 0) is 6.42 Å². The summed E-state index contributed by atoms with van der Waals surface area (Å²) in [4.78, 5) is 11.4. The molecule has 0 atom stereocenters. The van der Waals surface area contributed by atoms with E-state index >= 15 is 0 Å². The molecule has 0 saturated heterocycles. The van der Waals surface area contributed by atoms with Gasteiger partial charge in [0, 0.05) is 32.1 Å². The van der Waals surface area contributed by atoms with Crippen molar-refractivity contribution in [2.45, 2.75) is 46.6 Å². The molecule has 4 heteroatoms. The molecule has 17 heavy (non-hydrogen) atoms. The molecule has 0 aromatic carbocycles. The van der Waals surface area contributed by atoms with Crippen molar-refractivity contribution in [1.29, 1.82) is 0 Å². The summed E-state index contributed by atoms with van der Waals surface area (Å²) in [7, 11) is 1.89. The van der Waals surface area contributed by atoms with Gasteiger partial charge in [-0.1, -0.05) is 13.8 Å². The Morgan fingerprint density at radius 3 is 2.47 bits per heavy atom. The third-order valence-corrected chi connectivity index (χ3v) is 2.71. The Morgan fingerprint density at radius 1 is 1.29 bits per heavy atom. The highest BCUT2D eigenvalue weighted by atomic mass is 15.2. The van der Waals surface area contributed by atoms with Gasteiger partial charge in [-0.2, -0.15) is 0 Å². The highest BCUT2D eigenvalue weighted by Crippen LogP contribution is 2.18. The van der Waals surface area contributed by atoms with Crippen LogP contribution in [0.5, 0.6) is 0 Å². The van der Waals surface area contributed by atoms with Crippen molar-refractivity contribution >= 4 is 11.6 Å². The van der Waals surface area contributed by atoms with E-state index in [4.69, 9.17) is 0 Å². The number of anilines is 2. The first kappa shape index (κ1) is 13.7. The maximum atomic E-state index is 4.61. The summed E-state index contributed by atoms with van der Waals surface area (Å²) >= 11 is 0. The van der Waals surface area contributed by atoms with Crippen LogP contribution < -0.4 is 10.2 Å². The lowest BCUT2D eigenvalue weighted by Gasteiger charge is -2.28. The van der Waals surface area contributed by atoms with Gasteiger partial charge in [0.05, 0.1) is 0 Å². The molecule has 96 valence electrons. The molecular weight excluding hydrogens is 212 g/mol. The van der Waals surface area contributed by atoms with E-state index < -0.39 is 0 Å². The fraction of sp³-hybridized carbons (Fsp3) is 0.692. The topological polar surface area (TPSA) is 41.0 Å². The van der Waals surface area contributed by atoms with Crippen LogP contribution in [0.15, 0.2) is 6.07 Å². The first-order valence-electron chi connectivity index (χ1n) is 6.44. The van der Waals surface area contributed by atoms with Gasteiger partial charge in [-0.25, -0.2) is 9.97 Å². The molecule has 0 amide bonds. The zero-order chi connectivity index (χ0) is 12.8. The Bertz CT molecular complexity index is 327. The second-order valence-electron chi connectivity index (χ2n) is 4.42. The molecule has 0 spiro atoms. The maximum Gasteiger partial charge on any atom is 0.134 e. The van der Waals surface area contributed by atoms with Crippen molar-refractivity contribution < 1.29 is 0 Å². The van der Waals surface area contributed by atoms with Crippen LogP contribution in [0, 0.1) is 0 Å². The average molecular weight is 236 g/mol. The summed E-state index contributed by atoms with van der Waals surface area (Å²) < 4.78 is 0. The Morgan fingerprint density at radius 2 is 2.00 bits per heavy atom. The highest BCUT2D eigenvalue weighted by molar-refractivity contribution is 5.49. The molecule has 4 nitrogen and oxygen atoms in total. The van der Waals surface area contributed by atoms with Gasteiger partial charge in [0.15, 0.2) is 0 Å². The fourth-order valence-corrected chi connectivity index (χ4v) is 1.79. The molecule has 0 fully saturated rings. The second kappa shape index (κ2) is 6.42. The Kier molecular flexibility index (Phi) is 5.19. The van der Waals surface area contributed by atoms with Crippen molar-refractivity contribution in [2.75, 3.05) is 23.8 Å². The van der Waals surface area contributed by atoms with Gasteiger partial charge in [-0.15, -0.1) is 0 Å². The third-order valence-electron chi connectivity index (χ3n) is 2.71. The zero-order valence-corrected chi connectivity index (χ0v) is 11.6. The molecule has 0 bridgehead atoms. The number of hydrogen-bond donors (Lipinski definition) is 1. The van der Waals surface area contributed by atoms with E-state index in [0.29, 0.717) is 6.04 Å². The lowest BCUT2D eigenvalue weighted by molar-refractivity contribution is 0.658. The second-order valence-corrected chi connectivity index (χ2v) is 4.42. The molecular formula is C13H24N4. The van der Waals surface area contributed by atoms with Crippen LogP contribution in [-0.4, -0.2) is 29.6 Å². The lowest BCUT2D eigenvalue weighted by Crippen LogP contribution is -2.32. The quantitative estimate of drug-likeness (QED) is 0.824. The van der Waals surface area contributed by atoms with Crippen LogP contribution >= 0.6 is 0 Å². The molecule has 1 N–H and O–H groups in total. The van der Waals surface area contributed by atoms with Gasteiger partial charge in [0.25, 0.3) is 0 Å². The molecule has 1 rings (SSSR count). The number of nitrogens with zero attached hydrogens (tertiary/aromatic N) is 3. The highest BCUT2D eigenvalue weighted by Gasteiger charge is 2.13. The molecule has 1 aromatic rings. The van der Waals surface area contributed by atoms with E-state index in [0.717, 1.165) is 36.8 Å². The first-order valence-corrected chi connectivity index (χ1v) is 6.44. The van der Waals surface area contributed by atoms with Crippen LogP contribution in [0.1, 0.15) is 39.9 Å². The average Bonchev–Trinajstić information content (AvgIpc) is 2.34. The Hall–Kier alpha value is -1.32. The van der Waals surface area contributed by atoms with Gasteiger partial charge in [-0.05, 0) is 20.3 Å². The third kappa shape index (κ3) is 3.58. The number of aromatic nitrogens is 2. The normalized spacial score (nSPS) is 10.7. The summed E-state index contributed by atoms with van der Waals surface area (Å²) in [5, 5.41) is 3.10. The Balaban J connectivity index is 3.08. The van der Waals surface area contributed by atoms with Gasteiger partial charge in [0.2, 0.25) is 0 Å². The predicted molar refractivity (Wildman–Crippen MR) is 73.7 cm³/mol. The lowest BCUT2D eigenvalue weighted by atomic mass is 10.3. The first-order chi connectivity index (χ1) is 8.12. The van der Waals surface area contributed by atoms with E-state index in [1.165, 1.54) is 0 Å². The number of rotatable bonds is 6. The molecule has 1 heterocycles. The van der Waals surface area contributed by atoms with Crippen LogP contribution in [0.4, 0.5) is 11.6 Å². The van der Waals surface area contributed by atoms with E-state index in [1.54, 1.807) is 0 Å². The molecule has 0 aliphatic rings. The van der Waals surface area contributed by atoms with E-state index in [-0.39, 0.29) is 0 Å². The zero-order valence-electron chi connectivity index (χ0n) is 11.6. The maximum absolute atomic E-state index is 4.61. The number of aryl methyl sites for hydroxylation is 1. The molecule has 0 unspecified atom stereocenters. The molecule has 0 radical (unpaired) electrons. The minimum atomic E-state index is 0.458. The SMILES string of the molecule is CCCN(c1cc(NC)nc(CC)n1)C(C)C. The van der Waals surface area contributed by atoms with Crippen LogP contribution in [0.25, 0.3) is 0 Å². The minimum Gasteiger partial charge on any atom is -0.373 e. The molecule has 0 aliphatic carbocycles. The monoisotopic (exact) mass is 236 g/mol. The van der Waals surface area contributed by atoms with Gasteiger partial charge >= 0.3 is 0 Å². The largest absolute Gasteiger partial charge is 0.373 e. The standard InChI is InChI=1S/C13H24N4/c1-6-8-17(10(3)4)13-9-12(14-5)15-11(7-2)16-13/h9-10H,6-8H2,1-5H3,(H,14,15,16). The summed E-state index contributed by atoms with van der Waals surface area (Å²) in [6.45, 7) is 9.69. The molecule has 0 saturated carbocycles. The number of hydrogen-bond acceptors (Lipinski definition) is 4. The van der Waals surface area contributed by atoms with Crippen molar-refractivity contribution in [3.63, 3.8) is 0 Å². The predicted octanol–water partition coefficient (Wildman–Crippen LogP) is 2.71. The van der Waals surface area contributed by atoms with Crippen LogP contribution in [0.3, 0.4) is 0 Å². The molecule has 0 aliphatic heterocycles. The van der Waals surface area contributed by atoms with E-state index in [9.17, 15) is 0 Å². The van der Waals surface area contributed by atoms with Crippen molar-refractivity contribution in [1.82, 2.24) is 9.97 Å². The van der Waals surface area contributed by atoms with Crippen molar-refractivity contribution in [3.05, 3.63) is 11.9 Å². The van der Waals surface area contributed by atoms with Gasteiger partial charge in [0.1, 0.15) is 17.5 Å². The number of nitrogens with one attached hydrogen (secondary N) is 1. The summed E-state index contributed by atoms with van der Waals surface area (Å²) in [6.07, 6.45) is 1.99. The van der Waals surface area contributed by atoms with E-state index in [1.807, 2.05) is 13.1 Å². The summed E-state index contributed by atoms with van der Waals surface area (Å²) in [6, 6.07) is 2.48. The Labute approximate surface area is 104 Å². The fourth-order valence-electron chi connectivity index (χ4n) is 1.79. The minimum absolute atomic E-state index is 0.458. The molecule has 1 aromatic heterocycles. The van der Waals surface area contributed by atoms with E-state index in [2.05, 4.69) is 47.9 Å². The van der Waals surface area contributed by atoms with Gasteiger partial charge in [-0.3, -0.25) is 0 Å².